The molecule has 2 aromatic rings. The molecule has 0 bridgehead atoms. The maximum absolute atomic E-state index is 4.66. The van der Waals surface area contributed by atoms with Crippen LogP contribution in [0.4, 0.5) is 5.13 Å². The van der Waals surface area contributed by atoms with Crippen LogP contribution < -0.4 is 10.2 Å². The molecule has 0 amide bonds. The Morgan fingerprint density at radius 3 is 2.88 bits per heavy atom. The molecular formula is C17H28N6S. The number of anilines is 1. The van der Waals surface area contributed by atoms with E-state index in [2.05, 4.69) is 57.7 Å². The van der Waals surface area contributed by atoms with Crippen LogP contribution >= 0.6 is 11.3 Å². The monoisotopic (exact) mass is 348 g/mol. The van der Waals surface area contributed by atoms with Crippen LogP contribution in [0.2, 0.25) is 0 Å². The largest absolute Gasteiger partial charge is 0.349 e. The summed E-state index contributed by atoms with van der Waals surface area (Å²) in [7, 11) is 0. The van der Waals surface area contributed by atoms with Crippen molar-refractivity contribution in [3.8, 4) is 0 Å². The number of aryl methyl sites for hydroxylation is 1. The van der Waals surface area contributed by atoms with Crippen LogP contribution in [0.15, 0.2) is 6.20 Å². The van der Waals surface area contributed by atoms with Crippen molar-refractivity contribution in [2.75, 3.05) is 18.0 Å². The zero-order chi connectivity index (χ0) is 17.1. The van der Waals surface area contributed by atoms with Crippen LogP contribution in [0.3, 0.4) is 0 Å². The van der Waals surface area contributed by atoms with E-state index >= 15 is 0 Å². The van der Waals surface area contributed by atoms with Gasteiger partial charge in [0.05, 0.1) is 6.54 Å². The number of thiazole rings is 1. The lowest BCUT2D eigenvalue weighted by atomic mass is 10.1. The smallest absolute Gasteiger partial charge is 0.185 e. The molecule has 1 N–H and O–H groups in total. The van der Waals surface area contributed by atoms with Crippen molar-refractivity contribution in [1.29, 1.82) is 0 Å². The Labute approximate surface area is 148 Å². The molecule has 132 valence electrons. The van der Waals surface area contributed by atoms with Crippen LogP contribution in [0.5, 0.6) is 0 Å². The van der Waals surface area contributed by atoms with Gasteiger partial charge < -0.3 is 10.2 Å². The average molecular weight is 349 g/mol. The highest BCUT2D eigenvalue weighted by molar-refractivity contribution is 7.15. The molecule has 1 atom stereocenters. The molecule has 0 spiro atoms. The normalized spacial score (nSPS) is 17.3. The van der Waals surface area contributed by atoms with Crippen molar-refractivity contribution in [1.82, 2.24) is 25.1 Å². The average Bonchev–Trinajstić information content (AvgIpc) is 3.20. The summed E-state index contributed by atoms with van der Waals surface area (Å²) in [5.74, 6) is 2.50. The summed E-state index contributed by atoms with van der Waals surface area (Å²) >= 11 is 1.79. The Kier molecular flexibility index (Phi) is 5.50. The molecule has 3 heterocycles. The highest BCUT2D eigenvalue weighted by Crippen LogP contribution is 2.23. The van der Waals surface area contributed by atoms with Crippen LogP contribution in [0.1, 0.15) is 56.6 Å². The van der Waals surface area contributed by atoms with Gasteiger partial charge in [-0.2, -0.15) is 5.10 Å². The molecule has 7 heteroatoms. The molecule has 6 nitrogen and oxygen atoms in total. The molecule has 24 heavy (non-hydrogen) atoms. The van der Waals surface area contributed by atoms with Crippen molar-refractivity contribution in [3.63, 3.8) is 0 Å². The van der Waals surface area contributed by atoms with Crippen molar-refractivity contribution in [2.24, 2.45) is 0 Å². The minimum Gasteiger partial charge on any atom is -0.349 e. The third kappa shape index (κ3) is 3.78. The minimum absolute atomic E-state index is 0.394. The van der Waals surface area contributed by atoms with Crippen LogP contribution in [-0.2, 0) is 19.5 Å². The van der Waals surface area contributed by atoms with Crippen LogP contribution in [0.25, 0.3) is 0 Å². The lowest BCUT2D eigenvalue weighted by Crippen LogP contribution is -2.37. The molecule has 0 saturated heterocycles. The van der Waals surface area contributed by atoms with Crippen molar-refractivity contribution in [3.05, 3.63) is 22.7 Å². The second kappa shape index (κ2) is 7.61. The molecule has 0 radical (unpaired) electrons. The highest BCUT2D eigenvalue weighted by Gasteiger charge is 2.22. The molecule has 1 aliphatic heterocycles. The van der Waals surface area contributed by atoms with Crippen LogP contribution in [-0.4, -0.2) is 38.9 Å². The van der Waals surface area contributed by atoms with Gasteiger partial charge in [-0.15, -0.1) is 11.3 Å². The fraction of sp³-hybridized carbons (Fsp3) is 0.706. The quantitative estimate of drug-likeness (QED) is 0.834. The summed E-state index contributed by atoms with van der Waals surface area (Å²) in [6.07, 6.45) is 4.13. The van der Waals surface area contributed by atoms with Crippen LogP contribution in [0, 0.1) is 0 Å². The van der Waals surface area contributed by atoms with E-state index < -0.39 is 0 Å². The summed E-state index contributed by atoms with van der Waals surface area (Å²) < 4.78 is 2.09. The van der Waals surface area contributed by atoms with Crippen molar-refractivity contribution >= 4 is 16.5 Å². The van der Waals surface area contributed by atoms with E-state index in [-0.39, 0.29) is 0 Å². The third-order valence-corrected chi connectivity index (χ3v) is 5.59. The molecule has 0 unspecified atom stereocenters. The molecule has 0 saturated carbocycles. The number of rotatable bonds is 7. The lowest BCUT2D eigenvalue weighted by molar-refractivity contribution is 0.358. The summed E-state index contributed by atoms with van der Waals surface area (Å²) in [5.41, 5.74) is 0. The van der Waals surface area contributed by atoms with Gasteiger partial charge in [-0.1, -0.05) is 13.8 Å². The van der Waals surface area contributed by atoms with Gasteiger partial charge in [0.1, 0.15) is 5.82 Å². The number of hydrogen-bond donors (Lipinski definition) is 1. The Morgan fingerprint density at radius 1 is 1.38 bits per heavy atom. The molecule has 2 aromatic heterocycles. The fourth-order valence-corrected chi connectivity index (χ4v) is 3.99. The molecule has 0 aliphatic carbocycles. The van der Waals surface area contributed by atoms with Gasteiger partial charge in [-0.3, -0.25) is 0 Å². The standard InChI is InChI=1S/C17H28N6S/c1-5-22(6-2)17-19-10-14(24-17)9-18-13-7-8-15-20-16(12(3)4)21-23(15)11-13/h10,12-13,18H,5-9,11H2,1-4H3/t13-/m1/s1. The van der Waals surface area contributed by atoms with E-state index in [4.69, 9.17) is 0 Å². The number of nitrogens with one attached hydrogen (secondary N) is 1. The number of hydrogen-bond acceptors (Lipinski definition) is 6. The first kappa shape index (κ1) is 17.4. The maximum atomic E-state index is 4.66. The second-order valence-electron chi connectivity index (χ2n) is 6.62. The van der Waals surface area contributed by atoms with Gasteiger partial charge in [-0.25, -0.2) is 14.6 Å². The maximum Gasteiger partial charge on any atom is 0.185 e. The van der Waals surface area contributed by atoms with E-state index in [1.54, 1.807) is 11.3 Å². The summed E-state index contributed by atoms with van der Waals surface area (Å²) in [6.45, 7) is 12.4. The predicted octanol–water partition coefficient (Wildman–Crippen LogP) is 2.81. The first-order valence-corrected chi connectivity index (χ1v) is 9.79. The predicted molar refractivity (Wildman–Crippen MR) is 98.7 cm³/mol. The van der Waals surface area contributed by atoms with Gasteiger partial charge in [0.2, 0.25) is 0 Å². The highest BCUT2D eigenvalue weighted by atomic mass is 32.1. The van der Waals surface area contributed by atoms with Gasteiger partial charge >= 0.3 is 0 Å². The summed E-state index contributed by atoms with van der Waals surface area (Å²) in [5, 5.41) is 9.45. The minimum atomic E-state index is 0.394. The van der Waals surface area contributed by atoms with Crippen molar-refractivity contribution in [2.45, 2.75) is 65.6 Å². The first-order valence-electron chi connectivity index (χ1n) is 8.97. The van der Waals surface area contributed by atoms with E-state index in [9.17, 15) is 0 Å². The fourth-order valence-electron chi connectivity index (χ4n) is 3.00. The van der Waals surface area contributed by atoms with Crippen molar-refractivity contribution < 1.29 is 0 Å². The Balaban J connectivity index is 1.56. The summed E-state index contributed by atoms with van der Waals surface area (Å²) in [6, 6.07) is 0.457. The Morgan fingerprint density at radius 2 is 2.17 bits per heavy atom. The molecular weight excluding hydrogens is 320 g/mol. The number of fused-ring (bicyclic) bond motifs is 1. The molecule has 0 aromatic carbocycles. The summed E-state index contributed by atoms with van der Waals surface area (Å²) in [4.78, 5) is 12.8. The van der Waals surface area contributed by atoms with Gasteiger partial charge in [-0.05, 0) is 20.3 Å². The number of nitrogens with zero attached hydrogens (tertiary/aromatic N) is 5. The second-order valence-corrected chi connectivity index (χ2v) is 7.71. The topological polar surface area (TPSA) is 58.9 Å². The molecule has 3 rings (SSSR count). The zero-order valence-corrected chi connectivity index (χ0v) is 15.9. The SMILES string of the molecule is CCN(CC)c1ncc(CN[C@@H]2CCc3nc(C(C)C)nn3C2)s1. The van der Waals surface area contributed by atoms with E-state index in [0.29, 0.717) is 12.0 Å². The van der Waals surface area contributed by atoms with Gasteiger partial charge in [0.15, 0.2) is 11.0 Å². The Hall–Kier alpha value is -1.47. The van der Waals surface area contributed by atoms with E-state index in [1.807, 2.05) is 6.20 Å². The van der Waals surface area contributed by atoms with Gasteiger partial charge in [0.25, 0.3) is 0 Å². The third-order valence-electron chi connectivity index (χ3n) is 4.53. The molecule has 1 aliphatic rings. The number of aromatic nitrogens is 4. The van der Waals surface area contributed by atoms with E-state index in [1.165, 1.54) is 4.88 Å². The Bertz CT molecular complexity index is 658. The lowest BCUT2D eigenvalue weighted by Gasteiger charge is -2.23. The molecule has 0 fully saturated rings. The first-order chi connectivity index (χ1) is 11.6. The van der Waals surface area contributed by atoms with Gasteiger partial charge in [0, 0.05) is 49.1 Å². The van der Waals surface area contributed by atoms with E-state index in [0.717, 1.165) is 55.8 Å². The zero-order valence-electron chi connectivity index (χ0n) is 15.1.